The predicted molar refractivity (Wildman–Crippen MR) is 113 cm³/mol. The molecule has 2 heterocycles. The van der Waals surface area contributed by atoms with Crippen LogP contribution in [-0.4, -0.2) is 46.9 Å². The van der Waals surface area contributed by atoms with Crippen LogP contribution in [-0.2, 0) is 6.42 Å². The first kappa shape index (κ1) is 20.3. The number of rotatable bonds is 5. The number of carbonyl (C=O) groups excluding carboxylic acids is 1. The van der Waals surface area contributed by atoms with E-state index in [1.165, 1.54) is 12.1 Å². The first-order chi connectivity index (χ1) is 14.4. The summed E-state index contributed by atoms with van der Waals surface area (Å²) in [5, 5.41) is 21.7. The van der Waals surface area contributed by atoms with Crippen LogP contribution in [0.3, 0.4) is 0 Å². The second-order valence-corrected chi connectivity index (χ2v) is 7.96. The number of benzene rings is 2. The van der Waals surface area contributed by atoms with Crippen LogP contribution in [0.5, 0.6) is 0 Å². The topological polar surface area (TPSA) is 99.7 Å². The third-order valence-electron chi connectivity index (χ3n) is 5.96. The van der Waals surface area contributed by atoms with Gasteiger partial charge in [0.05, 0.1) is 23.8 Å². The Morgan fingerprint density at radius 2 is 1.97 bits per heavy atom. The number of aliphatic hydroxyl groups excluding tert-OH is 2. The van der Waals surface area contributed by atoms with Gasteiger partial charge in [0.15, 0.2) is 0 Å². The molecule has 1 amide bonds. The maximum absolute atomic E-state index is 13.3. The number of hydrogen-bond donors (Lipinski definition) is 3. The molecule has 1 aliphatic rings. The number of halogens is 1. The van der Waals surface area contributed by atoms with Crippen molar-refractivity contribution in [2.24, 2.45) is 11.1 Å². The number of primary amides is 1. The number of amides is 1. The Morgan fingerprint density at radius 3 is 2.67 bits per heavy atom. The van der Waals surface area contributed by atoms with E-state index in [9.17, 15) is 19.4 Å². The summed E-state index contributed by atoms with van der Waals surface area (Å²) < 4.78 is 13.3. The quantitative estimate of drug-likeness (QED) is 0.600. The van der Waals surface area contributed by atoms with Crippen molar-refractivity contribution in [3.05, 3.63) is 71.5 Å². The van der Waals surface area contributed by atoms with Gasteiger partial charge in [-0.05, 0) is 42.7 Å². The molecule has 0 saturated carbocycles. The Bertz CT molecular complexity index is 1070. The zero-order valence-corrected chi connectivity index (χ0v) is 16.5. The van der Waals surface area contributed by atoms with E-state index in [4.69, 9.17) is 10.7 Å². The summed E-state index contributed by atoms with van der Waals surface area (Å²) in [7, 11) is 0. The Labute approximate surface area is 173 Å². The van der Waals surface area contributed by atoms with Crippen LogP contribution < -0.4 is 10.6 Å². The van der Waals surface area contributed by atoms with Crippen molar-refractivity contribution in [1.82, 2.24) is 4.98 Å². The van der Waals surface area contributed by atoms with Gasteiger partial charge in [-0.3, -0.25) is 4.79 Å². The van der Waals surface area contributed by atoms with Crippen molar-refractivity contribution in [2.45, 2.75) is 18.9 Å². The fourth-order valence-corrected chi connectivity index (χ4v) is 4.27. The average Bonchev–Trinajstić information content (AvgIpc) is 2.76. The minimum atomic E-state index is -0.837. The molecule has 2 atom stereocenters. The molecule has 156 valence electrons. The zero-order valence-electron chi connectivity index (χ0n) is 16.5. The molecule has 1 aliphatic heterocycles. The van der Waals surface area contributed by atoms with Gasteiger partial charge in [-0.1, -0.05) is 30.3 Å². The second-order valence-electron chi connectivity index (χ2n) is 7.96. The fraction of sp³-hybridized carbons (Fsp3) is 0.304. The van der Waals surface area contributed by atoms with Gasteiger partial charge in [0.1, 0.15) is 11.6 Å². The van der Waals surface area contributed by atoms with Crippen molar-refractivity contribution in [3.8, 4) is 0 Å². The Hall–Kier alpha value is -3.03. The third-order valence-corrected chi connectivity index (χ3v) is 5.96. The van der Waals surface area contributed by atoms with Gasteiger partial charge in [-0.2, -0.15) is 0 Å². The normalized spacial score (nSPS) is 21.7. The van der Waals surface area contributed by atoms with E-state index < -0.39 is 17.4 Å². The van der Waals surface area contributed by atoms with Crippen molar-refractivity contribution in [3.63, 3.8) is 0 Å². The Morgan fingerprint density at radius 1 is 1.23 bits per heavy atom. The van der Waals surface area contributed by atoms with Gasteiger partial charge in [-0.15, -0.1) is 0 Å². The highest BCUT2D eigenvalue weighted by molar-refractivity contribution is 6.06. The minimum absolute atomic E-state index is 0.238. The fourth-order valence-electron chi connectivity index (χ4n) is 4.27. The van der Waals surface area contributed by atoms with Crippen molar-refractivity contribution >= 4 is 22.6 Å². The molecule has 0 radical (unpaired) electrons. The highest BCUT2D eigenvalue weighted by Gasteiger charge is 2.43. The van der Waals surface area contributed by atoms with E-state index in [1.54, 1.807) is 24.3 Å². The number of hydrogen-bond acceptors (Lipinski definition) is 5. The lowest BCUT2D eigenvalue weighted by molar-refractivity contribution is -0.0292. The predicted octanol–water partition coefficient (Wildman–Crippen LogP) is 2.27. The lowest BCUT2D eigenvalue weighted by Gasteiger charge is -2.46. The van der Waals surface area contributed by atoms with Crippen LogP contribution in [0.25, 0.3) is 10.9 Å². The number of pyridine rings is 1. The SMILES string of the molecule is NC(=O)c1cc(N2CC[C@H](O)[C@@](CO)(Cc3ccc(F)cc3)C2)nc2ccccc12. The molecule has 0 aliphatic carbocycles. The van der Waals surface area contributed by atoms with Crippen LogP contribution in [0.15, 0.2) is 54.6 Å². The monoisotopic (exact) mass is 409 g/mol. The molecule has 4 rings (SSSR count). The highest BCUT2D eigenvalue weighted by Crippen LogP contribution is 2.36. The van der Waals surface area contributed by atoms with Crippen LogP contribution in [0, 0.1) is 11.2 Å². The largest absolute Gasteiger partial charge is 0.396 e. The number of piperidine rings is 1. The van der Waals surface area contributed by atoms with E-state index in [0.717, 1.165) is 5.56 Å². The summed E-state index contributed by atoms with van der Waals surface area (Å²) in [5.41, 5.74) is 6.63. The highest BCUT2D eigenvalue weighted by atomic mass is 19.1. The van der Waals surface area contributed by atoms with Crippen LogP contribution >= 0.6 is 0 Å². The lowest BCUT2D eigenvalue weighted by Crippen LogP contribution is -2.55. The van der Waals surface area contributed by atoms with E-state index in [2.05, 4.69) is 0 Å². The number of aromatic nitrogens is 1. The maximum atomic E-state index is 13.3. The smallest absolute Gasteiger partial charge is 0.249 e. The van der Waals surface area contributed by atoms with Gasteiger partial charge in [0, 0.05) is 23.9 Å². The number of nitrogens with two attached hydrogens (primary N) is 1. The number of fused-ring (bicyclic) bond motifs is 1. The molecule has 0 bridgehead atoms. The molecule has 1 saturated heterocycles. The summed E-state index contributed by atoms with van der Waals surface area (Å²) >= 11 is 0. The Balaban J connectivity index is 1.70. The summed E-state index contributed by atoms with van der Waals surface area (Å²) in [6.07, 6.45) is 0.0970. The van der Waals surface area contributed by atoms with Gasteiger partial charge in [0.2, 0.25) is 5.91 Å². The number of anilines is 1. The molecular weight excluding hydrogens is 385 g/mol. The number of aliphatic hydroxyl groups is 2. The summed E-state index contributed by atoms with van der Waals surface area (Å²) in [6, 6.07) is 15.0. The van der Waals surface area contributed by atoms with E-state index in [1.807, 2.05) is 23.1 Å². The van der Waals surface area contributed by atoms with Crippen LogP contribution in [0.1, 0.15) is 22.3 Å². The standard InChI is InChI=1S/C23H24FN3O3/c24-16-7-5-15(6-8-16)12-23(14-28)13-27(10-9-20(23)29)21-11-18(22(25)30)17-3-1-2-4-19(17)26-21/h1-8,11,20,28-29H,9-10,12-14H2,(H2,25,30)/t20-,23-/m0/s1. The van der Waals surface area contributed by atoms with Crippen LogP contribution in [0.4, 0.5) is 10.2 Å². The van der Waals surface area contributed by atoms with E-state index in [-0.39, 0.29) is 12.4 Å². The van der Waals surface area contributed by atoms with Gasteiger partial charge in [-0.25, -0.2) is 9.37 Å². The molecule has 30 heavy (non-hydrogen) atoms. The molecule has 1 aromatic heterocycles. The number of carbonyl (C=O) groups is 1. The molecule has 7 heteroatoms. The van der Waals surface area contributed by atoms with Gasteiger partial charge < -0.3 is 20.8 Å². The molecule has 3 aromatic rings. The maximum Gasteiger partial charge on any atom is 0.249 e. The summed E-state index contributed by atoms with van der Waals surface area (Å²) in [5.74, 6) is -0.292. The Kier molecular flexibility index (Phi) is 5.40. The van der Waals surface area contributed by atoms with Gasteiger partial charge >= 0.3 is 0 Å². The average molecular weight is 409 g/mol. The van der Waals surface area contributed by atoms with Crippen molar-refractivity contribution in [1.29, 1.82) is 0 Å². The van der Waals surface area contributed by atoms with Crippen LogP contribution in [0.2, 0.25) is 0 Å². The number of para-hydroxylation sites is 1. The molecule has 1 fully saturated rings. The zero-order chi connectivity index (χ0) is 21.3. The molecule has 2 aromatic carbocycles. The van der Waals surface area contributed by atoms with E-state index >= 15 is 0 Å². The van der Waals surface area contributed by atoms with E-state index in [0.29, 0.717) is 48.2 Å². The van der Waals surface area contributed by atoms with Gasteiger partial charge in [0.25, 0.3) is 0 Å². The second kappa shape index (κ2) is 8.01. The third kappa shape index (κ3) is 3.74. The molecular formula is C23H24FN3O3. The summed E-state index contributed by atoms with van der Waals surface area (Å²) in [6.45, 7) is 0.625. The first-order valence-electron chi connectivity index (χ1n) is 9.90. The lowest BCUT2D eigenvalue weighted by atomic mass is 9.73. The molecule has 6 nitrogen and oxygen atoms in total. The van der Waals surface area contributed by atoms with Crippen molar-refractivity contribution in [2.75, 3.05) is 24.6 Å². The minimum Gasteiger partial charge on any atom is -0.396 e. The summed E-state index contributed by atoms with van der Waals surface area (Å²) in [4.78, 5) is 18.7. The van der Waals surface area contributed by atoms with Crippen molar-refractivity contribution < 1.29 is 19.4 Å². The first-order valence-corrected chi connectivity index (χ1v) is 9.90. The number of nitrogens with zero attached hydrogens (tertiary/aromatic N) is 2. The molecule has 0 spiro atoms. The molecule has 4 N–H and O–H groups in total. The molecule has 0 unspecified atom stereocenters.